The number of nitrogens with one attached hydrogen (secondary N) is 1. The van der Waals surface area contributed by atoms with Crippen molar-refractivity contribution in [2.75, 3.05) is 0 Å². The van der Waals surface area contributed by atoms with E-state index in [0.29, 0.717) is 12.0 Å². The van der Waals surface area contributed by atoms with Crippen LogP contribution in [0.4, 0.5) is 0 Å². The van der Waals surface area contributed by atoms with Crippen molar-refractivity contribution in [1.82, 2.24) is 5.48 Å². The van der Waals surface area contributed by atoms with Crippen LogP contribution in [0.1, 0.15) is 29.9 Å². The number of aryl methyl sites for hydroxylation is 1. The number of hydrogen-bond donors (Lipinski definition) is 2. The monoisotopic (exact) mass is 177 g/mol. The molecule has 0 spiro atoms. The topological polar surface area (TPSA) is 32.3 Å². The van der Waals surface area contributed by atoms with Crippen LogP contribution in [0.5, 0.6) is 0 Å². The molecule has 0 radical (unpaired) electrons. The first-order valence-electron chi connectivity index (χ1n) is 4.76. The van der Waals surface area contributed by atoms with E-state index in [1.807, 2.05) is 0 Å². The van der Waals surface area contributed by atoms with Gasteiger partial charge in [0.15, 0.2) is 0 Å². The van der Waals surface area contributed by atoms with Gasteiger partial charge in [0.25, 0.3) is 0 Å². The highest BCUT2D eigenvalue weighted by atomic mass is 16.5. The minimum absolute atomic E-state index is 0.311. The summed E-state index contributed by atoms with van der Waals surface area (Å²) in [7, 11) is 0. The van der Waals surface area contributed by atoms with E-state index in [0.717, 1.165) is 12.8 Å². The van der Waals surface area contributed by atoms with E-state index in [1.54, 1.807) is 0 Å². The van der Waals surface area contributed by atoms with Crippen LogP contribution in [-0.2, 0) is 0 Å². The average Bonchev–Trinajstić information content (AvgIpc) is 2.02. The van der Waals surface area contributed by atoms with Crippen molar-refractivity contribution in [2.45, 2.75) is 31.7 Å². The lowest BCUT2D eigenvalue weighted by Crippen LogP contribution is -2.38. The summed E-state index contributed by atoms with van der Waals surface area (Å²) >= 11 is 0. The molecule has 2 heteroatoms. The number of hydrogen-bond acceptors (Lipinski definition) is 2. The molecule has 0 aliphatic heterocycles. The van der Waals surface area contributed by atoms with E-state index < -0.39 is 0 Å². The average molecular weight is 177 g/mol. The highest BCUT2D eigenvalue weighted by Crippen LogP contribution is 2.36. The Morgan fingerprint density at radius 2 is 2.15 bits per heavy atom. The molecule has 1 aliphatic rings. The third-order valence-electron chi connectivity index (χ3n) is 2.83. The van der Waals surface area contributed by atoms with E-state index >= 15 is 0 Å². The number of hydroxylamine groups is 1. The van der Waals surface area contributed by atoms with Crippen LogP contribution >= 0.6 is 0 Å². The zero-order valence-electron chi connectivity index (χ0n) is 7.83. The lowest BCUT2D eigenvalue weighted by molar-refractivity contribution is 0.0782. The van der Waals surface area contributed by atoms with Gasteiger partial charge in [-0.15, -0.1) is 0 Å². The maximum absolute atomic E-state index is 8.66. The molecule has 1 aromatic rings. The molecule has 2 rings (SSSR count). The van der Waals surface area contributed by atoms with Crippen LogP contribution in [0.2, 0.25) is 0 Å². The maximum atomic E-state index is 8.66. The first-order chi connectivity index (χ1) is 6.29. The summed E-state index contributed by atoms with van der Waals surface area (Å²) in [6.45, 7) is 2.12. The van der Waals surface area contributed by atoms with Crippen LogP contribution in [0.25, 0.3) is 0 Å². The van der Waals surface area contributed by atoms with Crippen LogP contribution in [0.15, 0.2) is 24.3 Å². The maximum Gasteiger partial charge on any atom is 0.0331 e. The summed E-state index contributed by atoms with van der Waals surface area (Å²) in [5, 5.41) is 8.66. The molecule has 2 N–H and O–H groups in total. The molecule has 1 aromatic carbocycles. The van der Waals surface area contributed by atoms with Crippen molar-refractivity contribution in [1.29, 1.82) is 0 Å². The van der Waals surface area contributed by atoms with Crippen LogP contribution in [0.3, 0.4) is 0 Å². The van der Waals surface area contributed by atoms with Gasteiger partial charge in [-0.3, -0.25) is 0 Å². The molecule has 0 atom stereocenters. The van der Waals surface area contributed by atoms with Gasteiger partial charge in [-0.25, -0.2) is 5.48 Å². The van der Waals surface area contributed by atoms with Crippen molar-refractivity contribution in [2.24, 2.45) is 0 Å². The van der Waals surface area contributed by atoms with E-state index in [2.05, 4.69) is 36.7 Å². The minimum Gasteiger partial charge on any atom is -0.317 e. The van der Waals surface area contributed by atoms with Gasteiger partial charge in [-0.2, -0.15) is 0 Å². The number of benzene rings is 1. The molecule has 0 bridgehead atoms. The Balaban J connectivity index is 2.03. The summed E-state index contributed by atoms with van der Waals surface area (Å²) in [5.74, 6) is 0.643. The van der Waals surface area contributed by atoms with Gasteiger partial charge in [0.05, 0.1) is 0 Å². The Kier molecular flexibility index (Phi) is 2.34. The van der Waals surface area contributed by atoms with Gasteiger partial charge >= 0.3 is 0 Å². The summed E-state index contributed by atoms with van der Waals surface area (Å²) in [5.41, 5.74) is 5.04. The summed E-state index contributed by atoms with van der Waals surface area (Å²) < 4.78 is 0. The summed E-state index contributed by atoms with van der Waals surface area (Å²) in [4.78, 5) is 0. The molecular weight excluding hydrogens is 162 g/mol. The standard InChI is InChI=1S/C11H15NO/c1-8-3-2-4-9(5-8)10-6-11(7-10)12-13/h2-5,10-13H,6-7H2,1H3. The van der Waals surface area contributed by atoms with Crippen molar-refractivity contribution >= 4 is 0 Å². The molecule has 70 valence electrons. The van der Waals surface area contributed by atoms with Gasteiger partial charge in [0, 0.05) is 6.04 Å². The smallest absolute Gasteiger partial charge is 0.0331 e. The fourth-order valence-corrected chi connectivity index (χ4v) is 1.92. The fourth-order valence-electron chi connectivity index (χ4n) is 1.92. The summed E-state index contributed by atoms with van der Waals surface area (Å²) in [6, 6.07) is 8.93. The van der Waals surface area contributed by atoms with Gasteiger partial charge in [-0.1, -0.05) is 29.8 Å². The van der Waals surface area contributed by atoms with Crippen LogP contribution < -0.4 is 5.48 Å². The molecule has 1 fully saturated rings. The largest absolute Gasteiger partial charge is 0.317 e. The van der Waals surface area contributed by atoms with Crippen LogP contribution in [0, 0.1) is 6.92 Å². The Morgan fingerprint density at radius 1 is 1.38 bits per heavy atom. The van der Waals surface area contributed by atoms with E-state index in [4.69, 9.17) is 5.21 Å². The van der Waals surface area contributed by atoms with Crippen molar-refractivity contribution < 1.29 is 5.21 Å². The predicted molar refractivity (Wildman–Crippen MR) is 51.9 cm³/mol. The van der Waals surface area contributed by atoms with E-state index in [9.17, 15) is 0 Å². The molecule has 13 heavy (non-hydrogen) atoms. The molecular formula is C11H15NO. The normalized spacial score (nSPS) is 26.9. The first kappa shape index (κ1) is 8.73. The SMILES string of the molecule is Cc1cccc(C2CC(NO)C2)c1. The van der Waals surface area contributed by atoms with Crippen molar-refractivity contribution in [3.05, 3.63) is 35.4 Å². The second-order valence-electron chi connectivity index (χ2n) is 3.91. The molecule has 0 unspecified atom stereocenters. The van der Waals surface area contributed by atoms with Gasteiger partial charge in [0.2, 0.25) is 0 Å². The molecule has 0 amide bonds. The second kappa shape index (κ2) is 3.48. The molecule has 1 aliphatic carbocycles. The molecule has 1 saturated carbocycles. The van der Waals surface area contributed by atoms with Crippen LogP contribution in [-0.4, -0.2) is 11.2 Å². The first-order valence-corrected chi connectivity index (χ1v) is 4.76. The van der Waals surface area contributed by atoms with Crippen molar-refractivity contribution in [3.63, 3.8) is 0 Å². The zero-order valence-corrected chi connectivity index (χ0v) is 7.83. The quantitative estimate of drug-likeness (QED) is 0.679. The van der Waals surface area contributed by atoms with E-state index in [-0.39, 0.29) is 0 Å². The Labute approximate surface area is 78.5 Å². The summed E-state index contributed by atoms with van der Waals surface area (Å²) in [6.07, 6.45) is 2.11. The second-order valence-corrected chi connectivity index (χ2v) is 3.91. The Bertz CT molecular complexity index is 292. The fraction of sp³-hybridized carbons (Fsp3) is 0.455. The molecule has 0 saturated heterocycles. The van der Waals surface area contributed by atoms with Gasteiger partial charge < -0.3 is 5.21 Å². The Morgan fingerprint density at radius 3 is 2.77 bits per heavy atom. The van der Waals surface area contributed by atoms with Crippen molar-refractivity contribution in [3.8, 4) is 0 Å². The minimum atomic E-state index is 0.311. The van der Waals surface area contributed by atoms with Gasteiger partial charge in [0.1, 0.15) is 0 Å². The lowest BCUT2D eigenvalue weighted by atomic mass is 9.76. The predicted octanol–water partition coefficient (Wildman–Crippen LogP) is 2.22. The Hall–Kier alpha value is -0.860. The molecule has 0 heterocycles. The third kappa shape index (κ3) is 1.74. The number of rotatable bonds is 2. The highest BCUT2D eigenvalue weighted by Gasteiger charge is 2.29. The zero-order chi connectivity index (χ0) is 9.26. The van der Waals surface area contributed by atoms with E-state index in [1.165, 1.54) is 11.1 Å². The third-order valence-corrected chi connectivity index (χ3v) is 2.83. The van der Waals surface area contributed by atoms with Gasteiger partial charge in [-0.05, 0) is 31.2 Å². The molecule has 0 aromatic heterocycles. The highest BCUT2D eigenvalue weighted by molar-refractivity contribution is 5.27. The molecule has 2 nitrogen and oxygen atoms in total. The lowest BCUT2D eigenvalue weighted by Gasteiger charge is -2.34.